The van der Waals surface area contributed by atoms with E-state index in [0.717, 1.165) is 42.4 Å². The molecule has 9 nitrogen and oxygen atoms in total. The summed E-state index contributed by atoms with van der Waals surface area (Å²) in [7, 11) is -3.73. The Bertz CT molecular complexity index is 1420. The smallest absolute Gasteiger partial charge is 0.251 e. The van der Waals surface area contributed by atoms with Crippen molar-refractivity contribution in [1.29, 1.82) is 0 Å². The van der Waals surface area contributed by atoms with Gasteiger partial charge in [0.15, 0.2) is 0 Å². The van der Waals surface area contributed by atoms with E-state index in [1.165, 1.54) is 4.88 Å². The number of aromatic amines is 1. The van der Waals surface area contributed by atoms with Crippen molar-refractivity contribution in [2.24, 2.45) is 5.92 Å². The van der Waals surface area contributed by atoms with E-state index >= 15 is 0 Å². The molecule has 0 aliphatic carbocycles. The highest BCUT2D eigenvalue weighted by molar-refractivity contribution is 7.91. The number of nitrogens with one attached hydrogen (secondary N) is 2. The maximum atomic E-state index is 13.3. The van der Waals surface area contributed by atoms with E-state index in [9.17, 15) is 13.2 Å². The molecule has 0 fully saturated rings. The Labute approximate surface area is 221 Å². The van der Waals surface area contributed by atoms with E-state index in [4.69, 9.17) is 4.98 Å². The quantitative estimate of drug-likeness (QED) is 0.265. The molecule has 1 aromatic carbocycles. The highest BCUT2D eigenvalue weighted by Crippen LogP contribution is 2.28. The minimum Gasteiger partial charge on any atom is -0.348 e. The fourth-order valence-electron chi connectivity index (χ4n) is 4.74. The van der Waals surface area contributed by atoms with Gasteiger partial charge in [0.2, 0.25) is 15.0 Å². The molecule has 0 spiro atoms. The van der Waals surface area contributed by atoms with Crippen molar-refractivity contribution in [3.8, 4) is 0 Å². The van der Waals surface area contributed by atoms with E-state index in [1.807, 2.05) is 26.0 Å². The van der Waals surface area contributed by atoms with Gasteiger partial charge in [0.05, 0.1) is 16.8 Å². The van der Waals surface area contributed by atoms with Crippen molar-refractivity contribution < 1.29 is 13.2 Å². The number of carbonyl (C=O) groups excluding carboxylic acids is 1. The first-order chi connectivity index (χ1) is 17.7. The van der Waals surface area contributed by atoms with Crippen molar-refractivity contribution in [2.45, 2.75) is 70.6 Å². The maximum Gasteiger partial charge on any atom is 0.251 e. The fraction of sp³-hybridized carbons (Fsp3) is 0.462. The molecule has 0 bridgehead atoms. The molecule has 4 rings (SSSR count). The molecule has 0 saturated carbocycles. The third kappa shape index (κ3) is 6.27. The molecule has 2 N–H and O–H groups in total. The standard InChI is InChI=1S/C26H34N6O3S2/c1-5-20(6-2)32-23-10-9-18(13-22(23)30-24(32)14-21-8-7-11-36-21)25(33)29-19(12-17(3)4)15-37(34,35)26-27-16-28-31-26/h7-11,13,16-17,19-20H,5-6,12,14-15H2,1-4H3,(H,29,33)(H,27,28,31)/t19-/m0/s1. The van der Waals surface area contributed by atoms with Crippen molar-refractivity contribution >= 4 is 38.1 Å². The van der Waals surface area contributed by atoms with Gasteiger partial charge >= 0.3 is 0 Å². The molecule has 4 aromatic rings. The van der Waals surface area contributed by atoms with Crippen LogP contribution in [0, 0.1) is 5.92 Å². The first-order valence-corrected chi connectivity index (χ1v) is 15.2. The van der Waals surface area contributed by atoms with Gasteiger partial charge in [-0.15, -0.1) is 11.3 Å². The number of hydrogen-bond acceptors (Lipinski definition) is 7. The Kier molecular flexibility index (Phi) is 8.43. The number of amides is 1. The van der Waals surface area contributed by atoms with Crippen LogP contribution in [0.5, 0.6) is 0 Å². The molecule has 0 unspecified atom stereocenters. The summed E-state index contributed by atoms with van der Waals surface area (Å²) in [4.78, 5) is 23.2. The minimum absolute atomic E-state index is 0.188. The third-order valence-electron chi connectivity index (χ3n) is 6.44. The fourth-order valence-corrected chi connectivity index (χ4v) is 6.75. The van der Waals surface area contributed by atoms with E-state index in [0.29, 0.717) is 18.0 Å². The van der Waals surface area contributed by atoms with Crippen molar-refractivity contribution in [3.05, 3.63) is 58.3 Å². The Hall–Kier alpha value is -3.05. The van der Waals surface area contributed by atoms with Crippen LogP contribution in [0.3, 0.4) is 0 Å². The second-order valence-corrected chi connectivity index (χ2v) is 12.7. The molecule has 198 valence electrons. The lowest BCUT2D eigenvalue weighted by atomic mass is 10.0. The zero-order chi connectivity index (χ0) is 26.6. The summed E-state index contributed by atoms with van der Waals surface area (Å²) < 4.78 is 27.9. The lowest BCUT2D eigenvalue weighted by Crippen LogP contribution is -2.41. The number of benzene rings is 1. The highest BCUT2D eigenvalue weighted by Gasteiger charge is 2.26. The summed E-state index contributed by atoms with van der Waals surface area (Å²) >= 11 is 1.71. The first-order valence-electron chi connectivity index (χ1n) is 12.6. The van der Waals surface area contributed by atoms with E-state index in [-0.39, 0.29) is 22.7 Å². The van der Waals surface area contributed by atoms with Gasteiger partial charge in [0.1, 0.15) is 12.2 Å². The minimum atomic E-state index is -3.73. The molecule has 1 atom stereocenters. The molecular weight excluding hydrogens is 508 g/mol. The van der Waals surface area contributed by atoms with E-state index in [2.05, 4.69) is 50.4 Å². The largest absolute Gasteiger partial charge is 0.348 e. The van der Waals surface area contributed by atoms with Gasteiger partial charge in [0.25, 0.3) is 5.91 Å². The summed E-state index contributed by atoms with van der Waals surface area (Å²) in [5, 5.41) is 10.9. The number of H-pyrrole nitrogens is 1. The van der Waals surface area contributed by atoms with Gasteiger partial charge < -0.3 is 9.88 Å². The molecule has 3 aromatic heterocycles. The Morgan fingerprint density at radius 2 is 1.97 bits per heavy atom. The average molecular weight is 543 g/mol. The highest BCUT2D eigenvalue weighted by atomic mass is 32.2. The van der Waals surface area contributed by atoms with Crippen molar-refractivity contribution in [3.63, 3.8) is 0 Å². The van der Waals surface area contributed by atoms with Crippen molar-refractivity contribution in [1.82, 2.24) is 30.0 Å². The zero-order valence-electron chi connectivity index (χ0n) is 21.6. The zero-order valence-corrected chi connectivity index (χ0v) is 23.3. The summed E-state index contributed by atoms with van der Waals surface area (Å²) in [5.41, 5.74) is 2.22. The molecule has 0 aliphatic heterocycles. The average Bonchev–Trinajstić information content (AvgIpc) is 3.61. The first kappa shape index (κ1) is 27.0. The van der Waals surface area contributed by atoms with Crippen LogP contribution >= 0.6 is 11.3 Å². The molecule has 37 heavy (non-hydrogen) atoms. The van der Waals surface area contributed by atoms with Crippen LogP contribution in [0.2, 0.25) is 0 Å². The molecular formula is C26H34N6O3S2. The number of nitrogens with zero attached hydrogens (tertiary/aromatic N) is 4. The summed E-state index contributed by atoms with van der Waals surface area (Å²) in [6.45, 7) is 8.34. The number of fused-ring (bicyclic) bond motifs is 1. The Morgan fingerprint density at radius 3 is 2.59 bits per heavy atom. The van der Waals surface area contributed by atoms with Crippen LogP contribution < -0.4 is 5.32 Å². The van der Waals surface area contributed by atoms with Crippen LogP contribution in [0.4, 0.5) is 0 Å². The molecule has 0 radical (unpaired) electrons. The number of rotatable bonds is 12. The maximum absolute atomic E-state index is 13.3. The monoisotopic (exact) mass is 542 g/mol. The number of sulfone groups is 1. The number of thiophene rings is 1. The SMILES string of the molecule is CCC(CC)n1c(Cc2cccs2)nc2cc(C(=O)N[C@@H](CC(C)C)CS(=O)(=O)c3ncn[nH]3)ccc21. The van der Waals surface area contributed by atoms with Crippen LogP contribution in [0.1, 0.15) is 74.1 Å². The predicted molar refractivity (Wildman–Crippen MR) is 146 cm³/mol. The molecule has 0 saturated heterocycles. The van der Waals surface area contributed by atoms with Gasteiger partial charge in [-0.25, -0.2) is 18.4 Å². The summed E-state index contributed by atoms with van der Waals surface area (Å²) in [5.74, 6) is 0.591. The van der Waals surface area contributed by atoms with E-state index < -0.39 is 15.9 Å². The van der Waals surface area contributed by atoms with E-state index in [1.54, 1.807) is 23.5 Å². The number of aromatic nitrogens is 5. The van der Waals surface area contributed by atoms with Gasteiger partial charge in [-0.2, -0.15) is 5.10 Å². The normalized spacial score (nSPS) is 13.0. The lowest BCUT2D eigenvalue weighted by Gasteiger charge is -2.20. The van der Waals surface area contributed by atoms with Crippen LogP contribution in [-0.4, -0.2) is 50.9 Å². The van der Waals surface area contributed by atoms with Gasteiger partial charge in [-0.05, 0) is 54.8 Å². The predicted octanol–water partition coefficient (Wildman–Crippen LogP) is 4.79. The van der Waals surface area contributed by atoms with Gasteiger partial charge in [0, 0.05) is 28.9 Å². The second kappa shape index (κ2) is 11.6. The van der Waals surface area contributed by atoms with Crippen LogP contribution in [0.15, 0.2) is 47.2 Å². The topological polar surface area (TPSA) is 123 Å². The van der Waals surface area contributed by atoms with Crippen molar-refractivity contribution in [2.75, 3.05) is 5.75 Å². The summed E-state index contributed by atoms with van der Waals surface area (Å²) in [6.07, 6.45) is 4.37. The number of carbonyl (C=O) groups is 1. The lowest BCUT2D eigenvalue weighted by molar-refractivity contribution is 0.0937. The Morgan fingerprint density at radius 1 is 1.19 bits per heavy atom. The summed E-state index contributed by atoms with van der Waals surface area (Å²) in [6, 6.07) is 9.45. The second-order valence-electron chi connectivity index (χ2n) is 9.70. The third-order valence-corrected chi connectivity index (χ3v) is 8.95. The molecule has 0 aliphatic rings. The molecule has 11 heteroatoms. The number of hydrogen-bond donors (Lipinski definition) is 2. The Balaban J connectivity index is 1.62. The van der Waals surface area contributed by atoms with Crippen LogP contribution in [-0.2, 0) is 16.3 Å². The van der Waals surface area contributed by atoms with Gasteiger partial charge in [-0.3, -0.25) is 9.89 Å². The van der Waals surface area contributed by atoms with Gasteiger partial charge in [-0.1, -0.05) is 33.8 Å². The number of imidazole rings is 1. The van der Waals surface area contributed by atoms with Crippen LogP contribution in [0.25, 0.3) is 11.0 Å². The molecule has 3 heterocycles. The molecule has 1 amide bonds.